The molecule has 0 spiro atoms. The summed E-state index contributed by atoms with van der Waals surface area (Å²) in [6, 6.07) is 9.57. The van der Waals surface area contributed by atoms with Gasteiger partial charge in [0, 0.05) is 23.7 Å². The molecule has 0 fully saturated rings. The van der Waals surface area contributed by atoms with Crippen molar-refractivity contribution in [3.8, 4) is 5.88 Å². The van der Waals surface area contributed by atoms with E-state index in [0.717, 1.165) is 16.6 Å². The van der Waals surface area contributed by atoms with Crippen molar-refractivity contribution in [3.63, 3.8) is 0 Å². The van der Waals surface area contributed by atoms with Gasteiger partial charge in [-0.2, -0.15) is 0 Å². The van der Waals surface area contributed by atoms with Crippen LogP contribution in [0.5, 0.6) is 5.88 Å². The topological polar surface area (TPSA) is 54.4 Å². The van der Waals surface area contributed by atoms with Crippen LogP contribution < -0.4 is 10.1 Å². The summed E-state index contributed by atoms with van der Waals surface area (Å²) >= 11 is 5.53. The highest BCUT2D eigenvalue weighted by atomic mass is 35.5. The lowest BCUT2D eigenvalue weighted by Crippen LogP contribution is -2.20. The number of methoxy groups -OCH3 is 1. The molecule has 0 aliphatic carbocycles. The number of hydrogen-bond acceptors (Lipinski definition) is 4. The molecular formula is C13H15ClN2O2. The molecule has 0 bridgehead atoms. The number of aliphatic hydroxyl groups is 1. The van der Waals surface area contributed by atoms with Crippen LogP contribution in [0.1, 0.15) is 0 Å². The summed E-state index contributed by atoms with van der Waals surface area (Å²) in [5.74, 6) is 0.819. The van der Waals surface area contributed by atoms with E-state index in [2.05, 4.69) is 10.3 Å². The molecule has 0 amide bonds. The number of halogens is 1. The molecule has 2 aromatic rings. The van der Waals surface area contributed by atoms with E-state index in [0.29, 0.717) is 12.4 Å². The van der Waals surface area contributed by atoms with Gasteiger partial charge in [-0.3, -0.25) is 0 Å². The molecule has 18 heavy (non-hydrogen) atoms. The van der Waals surface area contributed by atoms with E-state index in [1.165, 1.54) is 0 Å². The van der Waals surface area contributed by atoms with Crippen LogP contribution in [-0.4, -0.2) is 35.7 Å². The predicted molar refractivity (Wildman–Crippen MR) is 73.5 cm³/mol. The zero-order valence-electron chi connectivity index (χ0n) is 10.1. The summed E-state index contributed by atoms with van der Waals surface area (Å²) in [5, 5.41) is 13.5. The number of fused-ring (bicyclic) bond motifs is 1. The van der Waals surface area contributed by atoms with E-state index in [1.807, 2.05) is 30.3 Å². The Bertz CT molecular complexity index is 533. The van der Waals surface area contributed by atoms with Crippen molar-refractivity contribution in [3.05, 3.63) is 30.3 Å². The van der Waals surface area contributed by atoms with Crippen LogP contribution in [0, 0.1) is 0 Å². The van der Waals surface area contributed by atoms with Gasteiger partial charge in [0.05, 0.1) is 24.6 Å². The summed E-state index contributed by atoms with van der Waals surface area (Å²) < 4.78 is 5.07. The first-order valence-electron chi connectivity index (χ1n) is 5.65. The quantitative estimate of drug-likeness (QED) is 0.815. The summed E-state index contributed by atoms with van der Waals surface area (Å²) in [4.78, 5) is 4.33. The molecule has 1 heterocycles. The number of anilines is 1. The Labute approximate surface area is 111 Å². The number of hydrogen-bond donors (Lipinski definition) is 2. The minimum atomic E-state index is -0.545. The maximum atomic E-state index is 9.38. The van der Waals surface area contributed by atoms with Gasteiger partial charge >= 0.3 is 0 Å². The fourth-order valence-corrected chi connectivity index (χ4v) is 1.73. The summed E-state index contributed by atoms with van der Waals surface area (Å²) in [6.07, 6.45) is -0.545. The third kappa shape index (κ3) is 3.03. The van der Waals surface area contributed by atoms with Gasteiger partial charge in [-0.15, -0.1) is 11.6 Å². The van der Waals surface area contributed by atoms with Crippen LogP contribution >= 0.6 is 11.6 Å². The van der Waals surface area contributed by atoms with Gasteiger partial charge in [-0.1, -0.05) is 0 Å². The van der Waals surface area contributed by atoms with Crippen LogP contribution in [0.3, 0.4) is 0 Å². The van der Waals surface area contributed by atoms with Gasteiger partial charge < -0.3 is 15.2 Å². The Morgan fingerprint density at radius 2 is 2.22 bits per heavy atom. The van der Waals surface area contributed by atoms with Crippen molar-refractivity contribution in [2.45, 2.75) is 6.10 Å². The smallest absolute Gasteiger partial charge is 0.213 e. The van der Waals surface area contributed by atoms with Crippen molar-refractivity contribution >= 4 is 28.2 Å². The lowest BCUT2D eigenvalue weighted by Gasteiger charge is -2.10. The summed E-state index contributed by atoms with van der Waals surface area (Å²) in [7, 11) is 1.59. The van der Waals surface area contributed by atoms with Gasteiger partial charge in [-0.05, 0) is 24.3 Å². The van der Waals surface area contributed by atoms with E-state index >= 15 is 0 Å². The van der Waals surface area contributed by atoms with E-state index in [4.69, 9.17) is 16.3 Å². The Balaban J connectivity index is 2.17. The molecule has 0 aliphatic heterocycles. The number of alkyl halides is 1. The molecule has 1 unspecified atom stereocenters. The molecule has 0 saturated carbocycles. The molecule has 2 rings (SSSR count). The van der Waals surface area contributed by atoms with E-state index in [1.54, 1.807) is 7.11 Å². The number of aromatic nitrogens is 1. The Morgan fingerprint density at radius 1 is 1.39 bits per heavy atom. The van der Waals surface area contributed by atoms with Crippen molar-refractivity contribution in [1.29, 1.82) is 0 Å². The van der Waals surface area contributed by atoms with Gasteiger partial charge in [0.25, 0.3) is 0 Å². The molecule has 1 atom stereocenters. The highest BCUT2D eigenvalue weighted by Crippen LogP contribution is 2.20. The normalized spacial score (nSPS) is 12.4. The van der Waals surface area contributed by atoms with Gasteiger partial charge in [0.2, 0.25) is 5.88 Å². The van der Waals surface area contributed by atoms with Crippen molar-refractivity contribution in [1.82, 2.24) is 4.98 Å². The largest absolute Gasteiger partial charge is 0.481 e. The van der Waals surface area contributed by atoms with Crippen LogP contribution in [0.25, 0.3) is 10.9 Å². The molecule has 96 valence electrons. The Hall–Kier alpha value is -1.52. The zero-order chi connectivity index (χ0) is 13.0. The maximum Gasteiger partial charge on any atom is 0.213 e. The molecule has 0 radical (unpaired) electrons. The van der Waals surface area contributed by atoms with Crippen LogP contribution in [0.4, 0.5) is 5.69 Å². The molecular weight excluding hydrogens is 252 g/mol. The average molecular weight is 267 g/mol. The van der Waals surface area contributed by atoms with Gasteiger partial charge in [0.15, 0.2) is 0 Å². The monoisotopic (exact) mass is 266 g/mol. The molecule has 4 nitrogen and oxygen atoms in total. The number of rotatable bonds is 5. The van der Waals surface area contributed by atoms with E-state index in [-0.39, 0.29) is 5.88 Å². The lowest BCUT2D eigenvalue weighted by molar-refractivity contribution is 0.211. The number of ether oxygens (including phenoxy) is 1. The van der Waals surface area contributed by atoms with Crippen molar-refractivity contribution in [2.24, 2.45) is 0 Å². The van der Waals surface area contributed by atoms with Crippen molar-refractivity contribution in [2.75, 3.05) is 24.9 Å². The predicted octanol–water partition coefficient (Wildman–Crippen LogP) is 2.25. The third-order valence-corrected chi connectivity index (χ3v) is 2.95. The van der Waals surface area contributed by atoms with E-state index in [9.17, 15) is 5.11 Å². The Morgan fingerprint density at radius 3 is 2.94 bits per heavy atom. The molecule has 1 aromatic heterocycles. The fourth-order valence-electron chi connectivity index (χ4n) is 1.62. The molecule has 2 N–H and O–H groups in total. The van der Waals surface area contributed by atoms with Crippen LogP contribution in [0.15, 0.2) is 30.3 Å². The summed E-state index contributed by atoms with van der Waals surface area (Å²) in [5.41, 5.74) is 1.80. The Kier molecular flexibility index (Phi) is 4.23. The summed E-state index contributed by atoms with van der Waals surface area (Å²) in [6.45, 7) is 0.429. The molecule has 5 heteroatoms. The number of nitrogens with zero attached hydrogens (tertiary/aromatic N) is 1. The number of aliphatic hydroxyl groups excluding tert-OH is 1. The van der Waals surface area contributed by atoms with Crippen LogP contribution in [0.2, 0.25) is 0 Å². The highest BCUT2D eigenvalue weighted by Gasteiger charge is 2.03. The number of nitrogens with one attached hydrogen (secondary N) is 1. The van der Waals surface area contributed by atoms with Crippen molar-refractivity contribution < 1.29 is 9.84 Å². The van der Waals surface area contributed by atoms with Crippen LogP contribution in [-0.2, 0) is 0 Å². The molecule has 1 aromatic carbocycles. The standard InChI is InChI=1S/C13H15ClN2O2/c1-18-13-5-2-9-6-10(3-4-12(9)16-13)15-8-11(17)7-14/h2-6,11,15,17H,7-8H2,1H3. The lowest BCUT2D eigenvalue weighted by atomic mass is 10.2. The maximum absolute atomic E-state index is 9.38. The molecule has 0 saturated heterocycles. The van der Waals surface area contributed by atoms with Gasteiger partial charge in [-0.25, -0.2) is 4.98 Å². The fraction of sp³-hybridized carbons (Fsp3) is 0.308. The first kappa shape index (κ1) is 12.9. The SMILES string of the molecule is COc1ccc2cc(NCC(O)CCl)ccc2n1. The first-order chi connectivity index (χ1) is 8.72. The second-order valence-electron chi connectivity index (χ2n) is 3.95. The average Bonchev–Trinajstić information content (AvgIpc) is 2.43. The second kappa shape index (κ2) is 5.89. The minimum absolute atomic E-state index is 0.222. The van der Waals surface area contributed by atoms with E-state index < -0.39 is 6.10 Å². The highest BCUT2D eigenvalue weighted by molar-refractivity contribution is 6.18. The number of benzene rings is 1. The number of pyridine rings is 1. The van der Waals surface area contributed by atoms with Gasteiger partial charge in [0.1, 0.15) is 0 Å². The molecule has 0 aliphatic rings. The second-order valence-corrected chi connectivity index (χ2v) is 4.26. The minimum Gasteiger partial charge on any atom is -0.481 e. The first-order valence-corrected chi connectivity index (χ1v) is 6.19. The zero-order valence-corrected chi connectivity index (χ0v) is 10.8. The third-order valence-electron chi connectivity index (χ3n) is 2.59.